The lowest BCUT2D eigenvalue weighted by molar-refractivity contribution is -0.137. The third-order valence-corrected chi connectivity index (χ3v) is 4.48. The van der Waals surface area contributed by atoms with Crippen molar-refractivity contribution in [2.75, 3.05) is 26.2 Å². The number of hydrogen-bond acceptors (Lipinski definition) is 3. The molecule has 4 nitrogen and oxygen atoms in total. The molecule has 26 heavy (non-hydrogen) atoms. The minimum Gasteiger partial charge on any atom is -0.508 e. The molecule has 0 saturated carbocycles. The fraction of sp³-hybridized carbons (Fsp3) is 0.316. The van der Waals surface area contributed by atoms with Gasteiger partial charge in [0.25, 0.3) is 5.91 Å². The van der Waals surface area contributed by atoms with Gasteiger partial charge in [-0.3, -0.25) is 9.69 Å². The zero-order chi connectivity index (χ0) is 18.7. The van der Waals surface area contributed by atoms with Gasteiger partial charge >= 0.3 is 6.18 Å². The first kappa shape index (κ1) is 18.3. The van der Waals surface area contributed by atoms with Gasteiger partial charge in [0.1, 0.15) is 5.75 Å². The van der Waals surface area contributed by atoms with Crippen molar-refractivity contribution in [3.63, 3.8) is 0 Å². The predicted molar refractivity (Wildman–Crippen MR) is 90.7 cm³/mol. The molecule has 0 unspecified atom stereocenters. The minimum absolute atomic E-state index is 0.0489. The summed E-state index contributed by atoms with van der Waals surface area (Å²) < 4.78 is 38.5. The van der Waals surface area contributed by atoms with Crippen LogP contribution in [0.25, 0.3) is 0 Å². The molecular weight excluding hydrogens is 345 g/mol. The van der Waals surface area contributed by atoms with Crippen molar-refractivity contribution in [3.05, 3.63) is 65.2 Å². The fourth-order valence-electron chi connectivity index (χ4n) is 3.00. The van der Waals surface area contributed by atoms with Crippen LogP contribution in [0.4, 0.5) is 13.2 Å². The van der Waals surface area contributed by atoms with E-state index in [2.05, 4.69) is 0 Å². The van der Waals surface area contributed by atoms with Crippen molar-refractivity contribution in [1.82, 2.24) is 9.80 Å². The van der Waals surface area contributed by atoms with E-state index in [1.54, 1.807) is 29.2 Å². The lowest BCUT2D eigenvalue weighted by Gasteiger charge is -2.35. The van der Waals surface area contributed by atoms with E-state index in [1.165, 1.54) is 0 Å². The summed E-state index contributed by atoms with van der Waals surface area (Å²) in [6.07, 6.45) is -4.44. The molecule has 7 heteroatoms. The number of halogens is 3. The molecular formula is C19H19F3N2O2. The lowest BCUT2D eigenvalue weighted by Crippen LogP contribution is -2.48. The monoisotopic (exact) mass is 364 g/mol. The molecule has 1 saturated heterocycles. The lowest BCUT2D eigenvalue weighted by atomic mass is 10.1. The summed E-state index contributed by atoms with van der Waals surface area (Å²) >= 11 is 0. The number of phenolic OH excluding ortho intramolecular Hbond substituents is 1. The van der Waals surface area contributed by atoms with Gasteiger partial charge in [-0.15, -0.1) is 0 Å². The highest BCUT2D eigenvalue weighted by Crippen LogP contribution is 2.32. The number of piperazine rings is 1. The van der Waals surface area contributed by atoms with Crippen LogP contribution in [0.3, 0.4) is 0 Å². The molecule has 0 radical (unpaired) electrons. The molecule has 1 fully saturated rings. The van der Waals surface area contributed by atoms with Crippen molar-refractivity contribution in [3.8, 4) is 5.75 Å². The number of phenols is 1. The van der Waals surface area contributed by atoms with Gasteiger partial charge in [0.2, 0.25) is 0 Å². The van der Waals surface area contributed by atoms with Crippen LogP contribution in [0.15, 0.2) is 48.5 Å². The van der Waals surface area contributed by atoms with Crippen LogP contribution >= 0.6 is 0 Å². The number of carbonyl (C=O) groups is 1. The summed E-state index contributed by atoms with van der Waals surface area (Å²) in [6.45, 7) is 2.27. The van der Waals surface area contributed by atoms with E-state index in [-0.39, 0.29) is 23.8 Å². The van der Waals surface area contributed by atoms with Crippen LogP contribution in [0.2, 0.25) is 0 Å². The van der Waals surface area contributed by atoms with Crippen LogP contribution in [0.1, 0.15) is 21.5 Å². The SMILES string of the molecule is O=C(c1ccccc1)N1CCN(Cc2cc(C(F)(F)F)ccc2O)CC1. The van der Waals surface area contributed by atoms with Gasteiger partial charge in [-0.1, -0.05) is 18.2 Å². The average Bonchev–Trinajstić information content (AvgIpc) is 2.63. The molecule has 2 aromatic carbocycles. The Morgan fingerprint density at radius 1 is 1.00 bits per heavy atom. The van der Waals surface area contributed by atoms with Crippen LogP contribution in [0, 0.1) is 0 Å². The molecule has 1 aliphatic rings. The Labute approximate surface area is 149 Å². The number of nitrogens with zero attached hydrogens (tertiary/aromatic N) is 2. The summed E-state index contributed by atoms with van der Waals surface area (Å²) in [4.78, 5) is 16.1. The van der Waals surface area contributed by atoms with Crippen molar-refractivity contribution in [2.24, 2.45) is 0 Å². The van der Waals surface area contributed by atoms with Gasteiger partial charge in [0.05, 0.1) is 5.56 Å². The van der Waals surface area contributed by atoms with Crippen molar-refractivity contribution >= 4 is 5.91 Å². The highest BCUT2D eigenvalue weighted by Gasteiger charge is 2.31. The van der Waals surface area contributed by atoms with E-state index in [0.717, 1.165) is 18.2 Å². The Morgan fingerprint density at radius 2 is 1.65 bits per heavy atom. The maximum Gasteiger partial charge on any atom is 0.416 e. The second-order valence-electron chi connectivity index (χ2n) is 6.28. The molecule has 0 aromatic heterocycles. The van der Waals surface area contributed by atoms with Gasteiger partial charge < -0.3 is 10.0 Å². The highest BCUT2D eigenvalue weighted by atomic mass is 19.4. The average molecular weight is 364 g/mol. The van der Waals surface area contributed by atoms with Crippen LogP contribution in [-0.4, -0.2) is 47.0 Å². The van der Waals surface area contributed by atoms with Crippen LogP contribution in [0.5, 0.6) is 5.75 Å². The first-order valence-electron chi connectivity index (χ1n) is 8.30. The Morgan fingerprint density at radius 3 is 2.27 bits per heavy atom. The highest BCUT2D eigenvalue weighted by molar-refractivity contribution is 5.94. The molecule has 1 aliphatic heterocycles. The maximum atomic E-state index is 12.8. The quantitative estimate of drug-likeness (QED) is 0.908. The molecule has 2 aromatic rings. The van der Waals surface area contributed by atoms with Gasteiger partial charge in [0.15, 0.2) is 0 Å². The van der Waals surface area contributed by atoms with E-state index in [9.17, 15) is 23.1 Å². The Kier molecular flexibility index (Phi) is 5.18. The molecule has 0 bridgehead atoms. The van der Waals surface area contributed by atoms with E-state index >= 15 is 0 Å². The minimum atomic E-state index is -4.44. The van der Waals surface area contributed by atoms with E-state index in [0.29, 0.717) is 31.7 Å². The summed E-state index contributed by atoms with van der Waals surface area (Å²) in [5, 5.41) is 9.86. The fourth-order valence-corrected chi connectivity index (χ4v) is 3.00. The summed E-state index contributed by atoms with van der Waals surface area (Å²) in [5.41, 5.74) is 0.0855. The molecule has 1 N–H and O–H groups in total. The summed E-state index contributed by atoms with van der Waals surface area (Å²) in [5.74, 6) is -0.201. The van der Waals surface area contributed by atoms with E-state index < -0.39 is 11.7 Å². The second-order valence-corrected chi connectivity index (χ2v) is 6.28. The molecule has 3 rings (SSSR count). The third-order valence-electron chi connectivity index (χ3n) is 4.48. The van der Waals surface area contributed by atoms with Crippen LogP contribution < -0.4 is 0 Å². The molecule has 0 atom stereocenters. The Hall–Kier alpha value is -2.54. The smallest absolute Gasteiger partial charge is 0.416 e. The van der Waals surface area contributed by atoms with Gasteiger partial charge in [-0.05, 0) is 30.3 Å². The molecule has 0 spiro atoms. The number of rotatable bonds is 3. The number of alkyl halides is 3. The number of amides is 1. The third kappa shape index (κ3) is 4.16. The first-order valence-corrected chi connectivity index (χ1v) is 8.30. The number of hydrogen-bond donors (Lipinski definition) is 1. The molecule has 0 aliphatic carbocycles. The predicted octanol–water partition coefficient (Wildman–Crippen LogP) is 3.37. The Bertz CT molecular complexity index is 770. The van der Waals surface area contributed by atoms with Gasteiger partial charge in [-0.2, -0.15) is 13.2 Å². The largest absolute Gasteiger partial charge is 0.508 e. The number of benzene rings is 2. The molecule has 1 amide bonds. The summed E-state index contributed by atoms with van der Waals surface area (Å²) in [6, 6.07) is 11.9. The normalized spacial score (nSPS) is 15.9. The number of aromatic hydroxyl groups is 1. The van der Waals surface area contributed by atoms with Crippen molar-refractivity contribution in [1.29, 1.82) is 0 Å². The summed E-state index contributed by atoms with van der Waals surface area (Å²) in [7, 11) is 0. The Balaban J connectivity index is 1.62. The standard InChI is InChI=1S/C19H19F3N2O2/c20-19(21,22)16-6-7-17(25)15(12-16)13-23-8-10-24(11-9-23)18(26)14-4-2-1-3-5-14/h1-7,12,25H,8-11,13H2. The molecule has 1 heterocycles. The van der Waals surface area contributed by atoms with E-state index in [4.69, 9.17) is 0 Å². The van der Waals surface area contributed by atoms with Crippen molar-refractivity contribution < 1.29 is 23.1 Å². The maximum absolute atomic E-state index is 12.8. The van der Waals surface area contributed by atoms with Gasteiger partial charge in [-0.25, -0.2) is 0 Å². The topological polar surface area (TPSA) is 43.8 Å². The zero-order valence-electron chi connectivity index (χ0n) is 14.0. The van der Waals surface area contributed by atoms with Crippen LogP contribution in [-0.2, 0) is 12.7 Å². The molecule has 138 valence electrons. The van der Waals surface area contributed by atoms with E-state index in [1.807, 2.05) is 11.0 Å². The number of carbonyl (C=O) groups excluding carboxylic acids is 1. The first-order chi connectivity index (χ1) is 12.3. The second kappa shape index (κ2) is 7.37. The zero-order valence-corrected chi connectivity index (χ0v) is 14.0. The van der Waals surface area contributed by atoms with Crippen molar-refractivity contribution in [2.45, 2.75) is 12.7 Å². The van der Waals surface area contributed by atoms with Gasteiger partial charge in [0, 0.05) is 43.9 Å².